The lowest BCUT2D eigenvalue weighted by molar-refractivity contribution is -0.0282. The van der Waals surface area contributed by atoms with Gasteiger partial charge < -0.3 is 9.84 Å². The lowest BCUT2D eigenvalue weighted by Gasteiger charge is -2.36. The van der Waals surface area contributed by atoms with Gasteiger partial charge in [-0.1, -0.05) is 104 Å². The van der Waals surface area contributed by atoms with Crippen molar-refractivity contribution in [2.24, 2.45) is 0 Å². The van der Waals surface area contributed by atoms with Crippen LogP contribution in [-0.2, 0) is 10.3 Å². The summed E-state index contributed by atoms with van der Waals surface area (Å²) in [4.78, 5) is 0. The van der Waals surface area contributed by atoms with Gasteiger partial charge in [-0.25, -0.2) is 0 Å². The van der Waals surface area contributed by atoms with Crippen molar-refractivity contribution in [1.82, 2.24) is 0 Å². The van der Waals surface area contributed by atoms with Crippen LogP contribution in [0.25, 0.3) is 0 Å². The van der Waals surface area contributed by atoms with Gasteiger partial charge in [0.15, 0.2) is 0 Å². The van der Waals surface area contributed by atoms with Gasteiger partial charge in [0.05, 0.1) is 12.7 Å². The van der Waals surface area contributed by atoms with Crippen LogP contribution in [0, 0.1) is 0 Å². The van der Waals surface area contributed by atoms with Crippen LogP contribution in [-0.4, -0.2) is 17.8 Å². The number of benzene rings is 3. The summed E-state index contributed by atoms with van der Waals surface area (Å²) in [5, 5.41) is 10.5. The first-order chi connectivity index (χ1) is 13.2. The highest BCUT2D eigenvalue weighted by Gasteiger charge is 2.38. The van der Waals surface area contributed by atoms with Crippen molar-refractivity contribution in [3.05, 3.63) is 120 Å². The van der Waals surface area contributed by atoms with E-state index in [4.69, 9.17) is 4.74 Å². The standard InChI is InChI=1S/C25H26O2/c1-3-20(2)24(26)19-27-25(21-13-7-4-8-14-21,22-15-9-5-10-16-22)23-17-11-6-12-18-23/h4-18,24,26H,2-3,19H2,1H3. The van der Waals surface area contributed by atoms with Crippen molar-refractivity contribution in [3.8, 4) is 0 Å². The number of aliphatic hydroxyl groups is 1. The number of hydrogen-bond donors (Lipinski definition) is 1. The fourth-order valence-corrected chi connectivity index (χ4v) is 3.33. The third kappa shape index (κ3) is 4.02. The molecule has 138 valence electrons. The number of rotatable bonds is 8. The Labute approximate surface area is 161 Å². The third-order valence-corrected chi connectivity index (χ3v) is 4.92. The monoisotopic (exact) mass is 358 g/mol. The van der Waals surface area contributed by atoms with E-state index in [0.29, 0.717) is 0 Å². The van der Waals surface area contributed by atoms with Gasteiger partial charge in [0.2, 0.25) is 0 Å². The van der Waals surface area contributed by atoms with Crippen molar-refractivity contribution in [2.45, 2.75) is 25.0 Å². The summed E-state index contributed by atoms with van der Waals surface area (Å²) in [6.07, 6.45) is 0.0185. The zero-order valence-corrected chi connectivity index (χ0v) is 15.7. The van der Waals surface area contributed by atoms with E-state index in [1.165, 1.54) is 0 Å². The van der Waals surface area contributed by atoms with Crippen molar-refractivity contribution >= 4 is 0 Å². The second-order valence-corrected chi connectivity index (χ2v) is 6.62. The average molecular weight is 358 g/mol. The molecule has 0 aliphatic rings. The van der Waals surface area contributed by atoms with Gasteiger partial charge in [-0.15, -0.1) is 0 Å². The van der Waals surface area contributed by atoms with E-state index in [1.54, 1.807) is 0 Å². The van der Waals surface area contributed by atoms with Crippen molar-refractivity contribution in [3.63, 3.8) is 0 Å². The first-order valence-corrected chi connectivity index (χ1v) is 9.34. The minimum absolute atomic E-state index is 0.172. The molecule has 2 heteroatoms. The minimum atomic E-state index is -0.807. The molecule has 1 N–H and O–H groups in total. The van der Waals surface area contributed by atoms with Crippen LogP contribution in [0.5, 0.6) is 0 Å². The molecule has 27 heavy (non-hydrogen) atoms. The molecule has 0 aliphatic carbocycles. The molecule has 0 fully saturated rings. The fourth-order valence-electron chi connectivity index (χ4n) is 3.33. The van der Waals surface area contributed by atoms with Crippen LogP contribution in [0.15, 0.2) is 103 Å². The zero-order chi connectivity index (χ0) is 19.1. The largest absolute Gasteiger partial charge is 0.386 e. The van der Waals surface area contributed by atoms with Gasteiger partial charge in [-0.3, -0.25) is 0 Å². The summed E-state index contributed by atoms with van der Waals surface area (Å²) in [7, 11) is 0. The van der Waals surface area contributed by atoms with E-state index < -0.39 is 11.7 Å². The molecule has 1 unspecified atom stereocenters. The summed E-state index contributed by atoms with van der Waals surface area (Å²) in [5.41, 5.74) is 3.04. The summed E-state index contributed by atoms with van der Waals surface area (Å²) < 4.78 is 6.56. The maximum atomic E-state index is 10.5. The first-order valence-electron chi connectivity index (χ1n) is 9.34. The highest BCUT2D eigenvalue weighted by Crippen LogP contribution is 2.40. The van der Waals surface area contributed by atoms with E-state index in [2.05, 4.69) is 43.0 Å². The number of aliphatic hydroxyl groups excluding tert-OH is 1. The van der Waals surface area contributed by atoms with Crippen LogP contribution in [0.3, 0.4) is 0 Å². The lowest BCUT2D eigenvalue weighted by Crippen LogP contribution is -2.36. The van der Waals surface area contributed by atoms with Gasteiger partial charge in [-0.2, -0.15) is 0 Å². The van der Waals surface area contributed by atoms with E-state index in [9.17, 15) is 5.11 Å². The van der Waals surface area contributed by atoms with Gasteiger partial charge in [0.25, 0.3) is 0 Å². The van der Waals surface area contributed by atoms with Crippen LogP contribution in [0.4, 0.5) is 0 Å². The lowest BCUT2D eigenvalue weighted by atomic mass is 9.80. The Balaban J connectivity index is 2.15. The Morgan fingerprint density at radius 1 is 0.815 bits per heavy atom. The first kappa shape index (κ1) is 19.1. The number of hydrogen-bond acceptors (Lipinski definition) is 2. The molecule has 0 bridgehead atoms. The Kier molecular flexibility index (Phi) is 6.23. The minimum Gasteiger partial charge on any atom is -0.386 e. The van der Waals surface area contributed by atoms with Gasteiger partial charge in [0.1, 0.15) is 5.60 Å². The zero-order valence-electron chi connectivity index (χ0n) is 15.7. The number of ether oxygens (including phenoxy) is 1. The smallest absolute Gasteiger partial charge is 0.143 e. The molecular weight excluding hydrogens is 332 g/mol. The summed E-state index contributed by atoms with van der Waals surface area (Å²) >= 11 is 0. The van der Waals surface area contributed by atoms with Crippen LogP contribution < -0.4 is 0 Å². The third-order valence-electron chi connectivity index (χ3n) is 4.92. The molecule has 2 nitrogen and oxygen atoms in total. The maximum Gasteiger partial charge on any atom is 0.143 e. The second kappa shape index (κ2) is 8.81. The van der Waals surface area contributed by atoms with E-state index >= 15 is 0 Å². The quantitative estimate of drug-likeness (QED) is 0.436. The molecular formula is C25H26O2. The van der Waals surface area contributed by atoms with Crippen LogP contribution in [0.2, 0.25) is 0 Å². The van der Waals surface area contributed by atoms with E-state index in [0.717, 1.165) is 28.7 Å². The SMILES string of the molecule is C=C(CC)C(O)COC(c1ccccc1)(c1ccccc1)c1ccccc1. The maximum absolute atomic E-state index is 10.5. The van der Waals surface area contributed by atoms with Gasteiger partial charge in [-0.05, 0) is 28.7 Å². The molecule has 3 aromatic carbocycles. The molecule has 0 radical (unpaired) electrons. The van der Waals surface area contributed by atoms with Crippen molar-refractivity contribution in [2.75, 3.05) is 6.61 Å². The molecule has 0 aliphatic heterocycles. The Morgan fingerprint density at radius 2 is 1.19 bits per heavy atom. The average Bonchev–Trinajstić information content (AvgIpc) is 2.75. The molecule has 3 aromatic rings. The highest BCUT2D eigenvalue weighted by molar-refractivity contribution is 5.47. The molecule has 0 aromatic heterocycles. The van der Waals surface area contributed by atoms with Crippen LogP contribution in [0.1, 0.15) is 30.0 Å². The highest BCUT2D eigenvalue weighted by atomic mass is 16.5. The predicted octanol–water partition coefficient (Wildman–Crippen LogP) is 5.32. The molecule has 1 atom stereocenters. The van der Waals surface area contributed by atoms with Gasteiger partial charge in [0, 0.05) is 0 Å². The summed E-state index contributed by atoms with van der Waals surface area (Å²) in [6, 6.07) is 30.5. The van der Waals surface area contributed by atoms with Crippen molar-refractivity contribution in [1.29, 1.82) is 0 Å². The topological polar surface area (TPSA) is 29.5 Å². The molecule has 0 heterocycles. The van der Waals surface area contributed by atoms with Crippen LogP contribution >= 0.6 is 0 Å². The normalized spacial score (nSPS) is 12.5. The Hall–Kier alpha value is -2.68. The molecule has 0 saturated carbocycles. The molecule has 0 amide bonds. The molecule has 0 saturated heterocycles. The summed E-state index contributed by atoms with van der Waals surface area (Å²) in [5.74, 6) is 0. The predicted molar refractivity (Wildman–Crippen MR) is 111 cm³/mol. The molecule has 3 rings (SSSR count). The van der Waals surface area contributed by atoms with E-state index in [1.807, 2.05) is 61.5 Å². The Morgan fingerprint density at radius 3 is 1.52 bits per heavy atom. The van der Waals surface area contributed by atoms with E-state index in [-0.39, 0.29) is 6.61 Å². The van der Waals surface area contributed by atoms with Crippen molar-refractivity contribution < 1.29 is 9.84 Å². The summed E-state index contributed by atoms with van der Waals surface area (Å²) in [6.45, 7) is 6.12. The Bertz CT molecular complexity index is 745. The molecule has 0 spiro atoms. The van der Waals surface area contributed by atoms with Gasteiger partial charge >= 0.3 is 0 Å². The fraction of sp³-hybridized carbons (Fsp3) is 0.200. The second-order valence-electron chi connectivity index (χ2n) is 6.62.